The number of urea groups is 2. The van der Waals surface area contributed by atoms with Crippen molar-refractivity contribution in [1.82, 2.24) is 24.5 Å². The Morgan fingerprint density at radius 3 is 0.388 bits per heavy atom. The van der Waals surface area contributed by atoms with Crippen LogP contribution in [0.15, 0.2) is 231 Å². The molecular weight excluding hydrogens is 1660 g/mol. The molecule has 9 nitrogen and oxygen atoms in total. The van der Waals surface area contributed by atoms with Crippen molar-refractivity contribution >= 4 is 12.1 Å². The minimum absolute atomic E-state index is 0. The fraction of sp³-hybridized carbons (Fsp3) is 0.294. The summed E-state index contributed by atoms with van der Waals surface area (Å²) in [6, 6.07) is 71.3. The topological polar surface area (TPSA) is 68.8 Å². The van der Waals surface area contributed by atoms with Crippen molar-refractivity contribution in [3.05, 3.63) is 290 Å². The van der Waals surface area contributed by atoms with Gasteiger partial charge in [0, 0.05) is 311 Å². The molecule has 0 unspecified atom stereocenters. The zero-order valence-corrected chi connectivity index (χ0v) is 79.2. The average Bonchev–Trinajstić information content (AvgIpc) is 3.38. The second-order valence-corrected chi connectivity index (χ2v) is 13.1. The van der Waals surface area contributed by atoms with E-state index in [4.69, 9.17) is 0 Å². The molecule has 0 aromatic heterocycles. The van der Waals surface area contributed by atoms with E-state index >= 15 is 0 Å². The standard InChI is InChI=1S/C7H11N3O2.6C6H6.2C3H9N.2C2H6O.2C2H6.3CH4.8CH3.8Y/c1-5-8(2)6(11)10(4)7(12)9(5)3;6*1-2-4-6-5-3-1;2*1-4(2)3;2*1-3-2;2*1-2;;;;;;;;;;;;;;;;;;;/h1H2,2-4H3;6*1-6H;2*1-3H3;2*1-2H3;2*1-2H3;3*1H4;8*1H3;;;;;;;;/q;;;;;;;;;;;;;;;;8*-1;;;;;;;;. The van der Waals surface area contributed by atoms with Gasteiger partial charge in [0.25, 0.3) is 0 Å². The van der Waals surface area contributed by atoms with Crippen LogP contribution < -0.4 is 0 Å². The van der Waals surface area contributed by atoms with Crippen molar-refractivity contribution in [1.29, 1.82) is 0 Å². The van der Waals surface area contributed by atoms with Crippen molar-refractivity contribution in [2.75, 3.05) is 91.9 Å². The summed E-state index contributed by atoms with van der Waals surface area (Å²) in [5, 5.41) is 0. The molecule has 0 bridgehead atoms. The third kappa shape index (κ3) is 158. The Balaban J connectivity index is -0.0000000200. The first kappa shape index (κ1) is 168. The Morgan fingerprint density at radius 1 is 0.271 bits per heavy atom. The molecule has 85 heavy (non-hydrogen) atoms. The zero-order valence-electron chi connectivity index (χ0n) is 56.5. The number of nitrogens with zero attached hydrogens (tertiary/aromatic N) is 5. The maximum atomic E-state index is 11.2. The molecule has 0 spiro atoms. The molecule has 0 atom stereocenters. The Labute approximate surface area is 736 Å². The molecule has 1 aliphatic heterocycles. The molecule has 1 saturated heterocycles. The predicted octanol–water partition coefficient (Wildman–Crippen LogP) is 19.1. The summed E-state index contributed by atoms with van der Waals surface area (Å²) >= 11 is 0. The molecule has 478 valence electrons. The monoisotopic (exact) mass is 1790 g/mol. The van der Waals surface area contributed by atoms with E-state index < -0.39 is 0 Å². The van der Waals surface area contributed by atoms with Gasteiger partial charge in [-0.25, -0.2) is 14.5 Å². The molecule has 1 fully saturated rings. The Kier molecular flexibility index (Phi) is 300. The largest absolute Gasteiger partial charge is 0.388 e. The van der Waals surface area contributed by atoms with Crippen LogP contribution in [0.2, 0.25) is 0 Å². The summed E-state index contributed by atoms with van der Waals surface area (Å²) in [6.45, 7) is 11.6. The number of amides is 4. The summed E-state index contributed by atoms with van der Waals surface area (Å²) in [5.41, 5.74) is 0. The zero-order chi connectivity index (χ0) is 51.5. The molecule has 4 amide bonds. The number of hydrogen-bond acceptors (Lipinski definition) is 6. The first-order valence-corrected chi connectivity index (χ1v) is 21.8. The fourth-order valence-corrected chi connectivity index (χ4v) is 3.29. The molecule has 0 saturated carbocycles. The van der Waals surface area contributed by atoms with Crippen LogP contribution in [0.4, 0.5) is 9.59 Å². The summed E-state index contributed by atoms with van der Waals surface area (Å²) < 4.78 is 8.50. The van der Waals surface area contributed by atoms with Gasteiger partial charge in [0.05, 0.1) is 0 Å². The van der Waals surface area contributed by atoms with E-state index in [0.717, 1.165) is 4.90 Å². The Morgan fingerprint density at radius 2 is 0.329 bits per heavy atom. The van der Waals surface area contributed by atoms with Crippen LogP contribution in [-0.2, 0) is 271 Å². The molecule has 8 radical (unpaired) electrons. The van der Waals surface area contributed by atoms with Crippen LogP contribution in [0.1, 0.15) is 50.0 Å². The second kappa shape index (κ2) is 152. The summed E-state index contributed by atoms with van der Waals surface area (Å²) in [4.78, 5) is 30.1. The SMILES string of the molecule is C.C.C.C=C1N(C)C(=O)N(C)C(=O)N1C.CC.CC.CN(C)C.CN(C)C.COC.COC.[CH3-].[CH3-].[CH3-].[CH3-].[CH3-].[CH3-].[CH3-].[CH3-].[Y].[Y].[Y].[Y].[Y].[Y].[Y].[Y].c1ccccc1.c1ccccc1.c1ccccc1.c1ccccc1.c1ccccc1.c1ccccc1. The molecule has 1 heterocycles. The third-order valence-corrected chi connectivity index (χ3v) is 5.92. The van der Waals surface area contributed by atoms with Gasteiger partial charge in [0.1, 0.15) is 5.82 Å². The molecule has 1 aliphatic rings. The average molecular weight is 1790 g/mol. The third-order valence-electron chi connectivity index (χ3n) is 5.92. The van der Waals surface area contributed by atoms with Crippen LogP contribution in [-0.4, -0.2) is 128 Å². The van der Waals surface area contributed by atoms with Gasteiger partial charge in [-0.3, -0.25) is 9.80 Å². The van der Waals surface area contributed by atoms with Crippen LogP contribution in [0.3, 0.4) is 0 Å². The van der Waals surface area contributed by atoms with Gasteiger partial charge in [0.15, 0.2) is 0 Å². The maximum absolute atomic E-state index is 11.2. The van der Waals surface area contributed by atoms with Crippen LogP contribution in [0.5, 0.6) is 0 Å². The first-order valence-electron chi connectivity index (χ1n) is 21.8. The van der Waals surface area contributed by atoms with Crippen LogP contribution in [0, 0.1) is 59.4 Å². The van der Waals surface area contributed by atoms with Gasteiger partial charge >= 0.3 is 12.1 Å². The number of hydrogen-bond donors (Lipinski definition) is 0. The van der Waals surface area contributed by atoms with Crippen molar-refractivity contribution in [2.24, 2.45) is 0 Å². The molecule has 0 N–H and O–H groups in total. The first-order chi connectivity index (χ1) is 31.8. The van der Waals surface area contributed by atoms with Gasteiger partial charge in [-0.2, -0.15) is 0 Å². The van der Waals surface area contributed by atoms with E-state index in [1.807, 2.05) is 298 Å². The van der Waals surface area contributed by atoms with E-state index in [2.05, 4.69) is 16.1 Å². The molecular formula is C68H125N5O4Y8-8. The summed E-state index contributed by atoms with van der Waals surface area (Å²) in [5.74, 6) is 0.392. The molecule has 7 rings (SSSR count). The number of carbonyl (C=O) groups is 2. The Bertz CT molecular complexity index is 1250. The molecule has 6 aromatic rings. The number of methoxy groups -OCH3 is 2. The number of ether oxygens (including phenoxy) is 2. The van der Waals surface area contributed by atoms with E-state index in [-0.39, 0.29) is 355 Å². The van der Waals surface area contributed by atoms with Crippen molar-refractivity contribution in [3.63, 3.8) is 0 Å². The number of rotatable bonds is 0. The van der Waals surface area contributed by atoms with Crippen LogP contribution >= 0.6 is 0 Å². The van der Waals surface area contributed by atoms with Gasteiger partial charge in [-0.15, -0.1) is 0 Å². The molecule has 17 heteroatoms. The van der Waals surface area contributed by atoms with Gasteiger partial charge in [-0.1, -0.05) is 275 Å². The Hall–Kier alpha value is 2.47. The van der Waals surface area contributed by atoms with E-state index in [9.17, 15) is 9.59 Å². The second-order valence-electron chi connectivity index (χ2n) is 13.1. The molecule has 0 aliphatic carbocycles. The van der Waals surface area contributed by atoms with Crippen molar-refractivity contribution in [3.8, 4) is 0 Å². The van der Waals surface area contributed by atoms with Crippen LogP contribution in [0.25, 0.3) is 0 Å². The van der Waals surface area contributed by atoms with Crippen molar-refractivity contribution in [2.45, 2.75) is 50.0 Å². The number of carbonyl (C=O) groups excluding carboxylic acids is 2. The minimum Gasteiger partial charge on any atom is -0.388 e. The van der Waals surface area contributed by atoms with E-state index in [1.165, 1.54) is 16.8 Å². The van der Waals surface area contributed by atoms with Gasteiger partial charge in [0.2, 0.25) is 0 Å². The smallest absolute Gasteiger partial charge is 0.333 e. The van der Waals surface area contributed by atoms with E-state index in [1.54, 1.807) is 42.5 Å². The number of benzene rings is 6. The number of imide groups is 1. The summed E-state index contributed by atoms with van der Waals surface area (Å²) in [6.07, 6.45) is 0. The van der Waals surface area contributed by atoms with Crippen molar-refractivity contribution < 1.29 is 281 Å². The molecule has 6 aromatic carbocycles. The quantitative estimate of drug-likeness (QED) is 0.141. The fourth-order valence-electron chi connectivity index (χ4n) is 3.29. The normalized spacial score (nSPS) is 7.52. The minimum atomic E-state index is -0.358. The maximum Gasteiger partial charge on any atom is 0.333 e. The predicted molar refractivity (Wildman–Crippen MR) is 361 cm³/mol. The van der Waals surface area contributed by atoms with Gasteiger partial charge < -0.3 is 78.7 Å². The van der Waals surface area contributed by atoms with Gasteiger partial charge in [-0.05, 0) is 42.3 Å². The summed E-state index contributed by atoms with van der Waals surface area (Å²) in [7, 11) is 23.1. The van der Waals surface area contributed by atoms with E-state index in [0.29, 0.717) is 5.82 Å².